The lowest BCUT2D eigenvalue weighted by Gasteiger charge is -2.35. The van der Waals surface area contributed by atoms with Gasteiger partial charge in [-0.3, -0.25) is 4.90 Å². The Morgan fingerprint density at radius 2 is 1.80 bits per heavy atom. The van der Waals surface area contributed by atoms with Gasteiger partial charge in [0.05, 0.1) is 11.7 Å². The number of hydrogen-bond acceptors (Lipinski definition) is 4. The van der Waals surface area contributed by atoms with E-state index in [9.17, 15) is 10.2 Å². The first-order valence-corrected chi connectivity index (χ1v) is 9.76. The number of benzene rings is 1. The maximum absolute atomic E-state index is 10.6. The second kappa shape index (κ2) is 8.17. The number of aliphatic hydroxyl groups is 2. The van der Waals surface area contributed by atoms with E-state index < -0.39 is 11.7 Å². The van der Waals surface area contributed by atoms with Gasteiger partial charge in [0.2, 0.25) is 0 Å². The van der Waals surface area contributed by atoms with Gasteiger partial charge < -0.3 is 14.9 Å². The normalized spacial score (nSPS) is 21.7. The van der Waals surface area contributed by atoms with Crippen LogP contribution >= 0.6 is 0 Å². The fourth-order valence-electron chi connectivity index (χ4n) is 3.75. The molecule has 1 atom stereocenters. The van der Waals surface area contributed by atoms with Gasteiger partial charge in [-0.2, -0.15) is 0 Å². The van der Waals surface area contributed by atoms with Crippen LogP contribution in [0.3, 0.4) is 0 Å². The molecule has 1 aromatic rings. The summed E-state index contributed by atoms with van der Waals surface area (Å²) in [6.07, 6.45) is 3.66. The zero-order valence-electron chi connectivity index (χ0n) is 15.7. The third-order valence-corrected chi connectivity index (χ3v) is 5.58. The number of rotatable bonds is 8. The van der Waals surface area contributed by atoms with Crippen molar-refractivity contribution >= 4 is 0 Å². The van der Waals surface area contributed by atoms with Gasteiger partial charge in [0.1, 0.15) is 0 Å². The quantitative estimate of drug-likeness (QED) is 0.759. The first-order valence-electron chi connectivity index (χ1n) is 9.76. The largest absolute Gasteiger partial charge is 0.392 e. The Balaban J connectivity index is 1.55. The standard InChI is InChI=1S/C21H33NO3/c1-16(2)18-5-3-17(4-6-18)14-22(19-7-8-19)15-20(23)13-21(24)9-11-25-12-10-21/h3-6,16,19-20,23-24H,7-15H2,1-2H3. The maximum atomic E-state index is 10.6. The fourth-order valence-corrected chi connectivity index (χ4v) is 3.75. The summed E-state index contributed by atoms with van der Waals surface area (Å²) in [6, 6.07) is 9.44. The molecule has 2 aliphatic rings. The highest BCUT2D eigenvalue weighted by molar-refractivity contribution is 5.24. The maximum Gasteiger partial charge on any atom is 0.0716 e. The summed E-state index contributed by atoms with van der Waals surface area (Å²) >= 11 is 0. The van der Waals surface area contributed by atoms with E-state index in [1.807, 2.05) is 0 Å². The summed E-state index contributed by atoms with van der Waals surface area (Å²) in [7, 11) is 0. The van der Waals surface area contributed by atoms with Gasteiger partial charge in [-0.25, -0.2) is 0 Å². The molecule has 0 bridgehead atoms. The molecule has 2 fully saturated rings. The van der Waals surface area contributed by atoms with E-state index in [0.717, 1.165) is 6.54 Å². The zero-order chi connectivity index (χ0) is 17.9. The summed E-state index contributed by atoms with van der Waals surface area (Å²) in [5.74, 6) is 0.552. The van der Waals surface area contributed by atoms with Gasteiger partial charge in [0.25, 0.3) is 0 Å². The highest BCUT2D eigenvalue weighted by atomic mass is 16.5. The van der Waals surface area contributed by atoms with Crippen LogP contribution in [0, 0.1) is 0 Å². The molecule has 25 heavy (non-hydrogen) atoms. The average Bonchev–Trinajstić information content (AvgIpc) is 3.39. The van der Waals surface area contributed by atoms with E-state index >= 15 is 0 Å². The summed E-state index contributed by atoms with van der Waals surface area (Å²) in [6.45, 7) is 7.13. The number of nitrogens with zero attached hydrogens (tertiary/aromatic N) is 1. The first-order chi connectivity index (χ1) is 12.0. The summed E-state index contributed by atoms with van der Waals surface area (Å²) < 4.78 is 5.33. The van der Waals surface area contributed by atoms with E-state index in [0.29, 0.717) is 51.0 Å². The highest BCUT2D eigenvalue weighted by Crippen LogP contribution is 2.31. The van der Waals surface area contributed by atoms with Crippen molar-refractivity contribution < 1.29 is 14.9 Å². The van der Waals surface area contributed by atoms with Crippen LogP contribution in [0.15, 0.2) is 24.3 Å². The summed E-state index contributed by atoms with van der Waals surface area (Å²) in [4.78, 5) is 2.39. The smallest absolute Gasteiger partial charge is 0.0716 e. The zero-order valence-corrected chi connectivity index (χ0v) is 15.7. The Bertz CT molecular complexity index is 533. The number of aliphatic hydroxyl groups excluding tert-OH is 1. The third-order valence-electron chi connectivity index (χ3n) is 5.58. The Morgan fingerprint density at radius 3 is 2.36 bits per heavy atom. The summed E-state index contributed by atoms with van der Waals surface area (Å²) in [5.41, 5.74) is 1.91. The molecule has 140 valence electrons. The molecular formula is C21H33NO3. The predicted octanol–water partition coefficient (Wildman–Crippen LogP) is 3.07. The lowest BCUT2D eigenvalue weighted by atomic mass is 9.88. The minimum atomic E-state index is -0.758. The second-order valence-corrected chi connectivity index (χ2v) is 8.25. The van der Waals surface area contributed by atoms with Crippen molar-refractivity contribution in [3.8, 4) is 0 Å². The van der Waals surface area contributed by atoms with Gasteiger partial charge in [-0.05, 0) is 42.7 Å². The topological polar surface area (TPSA) is 52.9 Å². The summed E-state index contributed by atoms with van der Waals surface area (Å²) in [5, 5.41) is 21.2. The molecule has 1 aliphatic heterocycles. The third kappa shape index (κ3) is 5.52. The minimum absolute atomic E-state index is 0.450. The molecule has 1 saturated heterocycles. The van der Waals surface area contributed by atoms with E-state index in [4.69, 9.17) is 4.74 Å². The first kappa shape index (κ1) is 18.8. The van der Waals surface area contributed by atoms with Crippen LogP contribution in [-0.2, 0) is 11.3 Å². The molecular weight excluding hydrogens is 314 g/mol. The van der Waals surface area contributed by atoms with Crippen LogP contribution in [-0.4, -0.2) is 52.6 Å². The van der Waals surface area contributed by atoms with Crippen LogP contribution in [0.4, 0.5) is 0 Å². The minimum Gasteiger partial charge on any atom is -0.392 e. The molecule has 1 unspecified atom stereocenters. The van der Waals surface area contributed by atoms with Gasteiger partial charge in [-0.1, -0.05) is 38.1 Å². The van der Waals surface area contributed by atoms with Crippen molar-refractivity contribution in [3.05, 3.63) is 35.4 Å². The van der Waals surface area contributed by atoms with Gasteiger partial charge >= 0.3 is 0 Å². The van der Waals surface area contributed by atoms with Gasteiger partial charge in [0.15, 0.2) is 0 Å². The Hall–Kier alpha value is -0.940. The predicted molar refractivity (Wildman–Crippen MR) is 99.6 cm³/mol. The molecule has 1 saturated carbocycles. The van der Waals surface area contributed by atoms with Crippen LogP contribution < -0.4 is 0 Å². The molecule has 0 aromatic heterocycles. The molecule has 1 aliphatic carbocycles. The highest BCUT2D eigenvalue weighted by Gasteiger charge is 2.35. The fraction of sp³-hybridized carbons (Fsp3) is 0.714. The van der Waals surface area contributed by atoms with E-state index in [2.05, 4.69) is 43.0 Å². The lowest BCUT2D eigenvalue weighted by Crippen LogP contribution is -2.43. The molecule has 4 nitrogen and oxygen atoms in total. The lowest BCUT2D eigenvalue weighted by molar-refractivity contribution is -0.0898. The molecule has 0 spiro atoms. The van der Waals surface area contributed by atoms with Crippen molar-refractivity contribution in [3.63, 3.8) is 0 Å². The van der Waals surface area contributed by atoms with E-state index in [-0.39, 0.29) is 0 Å². The molecule has 1 aromatic carbocycles. The molecule has 2 N–H and O–H groups in total. The van der Waals surface area contributed by atoms with Crippen molar-refractivity contribution in [2.24, 2.45) is 0 Å². The van der Waals surface area contributed by atoms with E-state index in [1.165, 1.54) is 24.0 Å². The molecule has 1 heterocycles. The van der Waals surface area contributed by atoms with Gasteiger partial charge in [0, 0.05) is 38.8 Å². The van der Waals surface area contributed by atoms with Crippen LogP contribution in [0.1, 0.15) is 63.0 Å². The Labute approximate surface area is 151 Å². The van der Waals surface area contributed by atoms with Crippen molar-refractivity contribution in [2.75, 3.05) is 19.8 Å². The van der Waals surface area contributed by atoms with Gasteiger partial charge in [-0.15, -0.1) is 0 Å². The molecule has 3 rings (SSSR count). The van der Waals surface area contributed by atoms with Crippen molar-refractivity contribution in [2.45, 2.75) is 76.2 Å². The van der Waals surface area contributed by atoms with Crippen LogP contribution in [0.2, 0.25) is 0 Å². The Morgan fingerprint density at radius 1 is 1.16 bits per heavy atom. The van der Waals surface area contributed by atoms with Crippen molar-refractivity contribution in [1.82, 2.24) is 4.90 Å². The molecule has 0 radical (unpaired) electrons. The number of hydrogen-bond donors (Lipinski definition) is 2. The van der Waals surface area contributed by atoms with Crippen molar-refractivity contribution in [1.29, 1.82) is 0 Å². The average molecular weight is 347 g/mol. The second-order valence-electron chi connectivity index (χ2n) is 8.25. The Kier molecular flexibility index (Phi) is 6.16. The SMILES string of the molecule is CC(C)c1ccc(CN(CC(O)CC2(O)CCOCC2)C2CC2)cc1. The van der Waals surface area contributed by atoms with E-state index in [1.54, 1.807) is 0 Å². The molecule has 0 amide bonds. The van der Waals surface area contributed by atoms with Crippen LogP contribution in [0.5, 0.6) is 0 Å². The molecule has 4 heteroatoms. The number of ether oxygens (including phenoxy) is 1. The van der Waals surface area contributed by atoms with Crippen LogP contribution in [0.25, 0.3) is 0 Å². The monoisotopic (exact) mass is 347 g/mol.